The van der Waals surface area contributed by atoms with E-state index in [1.807, 2.05) is 24.0 Å². The summed E-state index contributed by atoms with van der Waals surface area (Å²) in [4.78, 5) is 0. The minimum atomic E-state index is 0.138. The van der Waals surface area contributed by atoms with E-state index in [9.17, 15) is 0 Å². The molecule has 3 rings (SSSR count). The van der Waals surface area contributed by atoms with E-state index in [0.717, 1.165) is 25.3 Å². The molecule has 5 nitrogen and oxygen atoms in total. The third kappa shape index (κ3) is 4.22. The minimum absolute atomic E-state index is 0.138. The normalized spacial score (nSPS) is 21.9. The maximum atomic E-state index is 6.07. The highest BCUT2D eigenvalue weighted by molar-refractivity contribution is 5.36. The summed E-state index contributed by atoms with van der Waals surface area (Å²) < 4.78 is 13.2. The summed E-state index contributed by atoms with van der Waals surface area (Å²) in [5, 5.41) is 8.01. The van der Waals surface area contributed by atoms with Crippen molar-refractivity contribution in [3.05, 3.63) is 47.3 Å². The summed E-state index contributed by atoms with van der Waals surface area (Å²) in [6.07, 6.45) is 6.44. The Morgan fingerprint density at radius 2 is 2.28 bits per heavy atom. The summed E-state index contributed by atoms with van der Waals surface area (Å²) in [5.41, 5.74) is 3.75. The number of hydrogen-bond donors (Lipinski definition) is 1. The fourth-order valence-corrected chi connectivity index (χ4v) is 3.71. The van der Waals surface area contributed by atoms with Crippen molar-refractivity contribution in [2.24, 2.45) is 13.0 Å². The molecule has 1 aliphatic heterocycles. The zero-order valence-corrected chi connectivity index (χ0v) is 15.7. The molecule has 136 valence electrons. The van der Waals surface area contributed by atoms with E-state index in [-0.39, 0.29) is 6.10 Å². The van der Waals surface area contributed by atoms with Gasteiger partial charge in [-0.25, -0.2) is 0 Å². The van der Waals surface area contributed by atoms with Gasteiger partial charge in [-0.3, -0.25) is 4.68 Å². The summed E-state index contributed by atoms with van der Waals surface area (Å²) >= 11 is 0. The molecule has 25 heavy (non-hydrogen) atoms. The topological polar surface area (TPSA) is 48.3 Å². The second kappa shape index (κ2) is 8.02. The molecular formula is C20H29N3O2. The number of aryl methyl sites for hydroxylation is 2. The average molecular weight is 343 g/mol. The molecule has 1 aromatic carbocycles. The first-order valence-corrected chi connectivity index (χ1v) is 9.06. The van der Waals surface area contributed by atoms with Gasteiger partial charge in [-0.15, -0.1) is 0 Å². The molecule has 1 unspecified atom stereocenters. The monoisotopic (exact) mass is 343 g/mol. The first-order valence-electron chi connectivity index (χ1n) is 9.06. The van der Waals surface area contributed by atoms with Gasteiger partial charge in [-0.2, -0.15) is 5.10 Å². The Morgan fingerprint density at radius 3 is 2.96 bits per heavy atom. The van der Waals surface area contributed by atoms with Crippen molar-refractivity contribution >= 4 is 0 Å². The third-order valence-electron chi connectivity index (χ3n) is 5.13. The van der Waals surface area contributed by atoms with Gasteiger partial charge in [-0.1, -0.05) is 6.07 Å². The smallest absolute Gasteiger partial charge is 0.119 e. The molecule has 0 saturated carbocycles. The van der Waals surface area contributed by atoms with E-state index >= 15 is 0 Å². The zero-order chi connectivity index (χ0) is 17.8. The maximum absolute atomic E-state index is 6.07. The number of benzene rings is 1. The van der Waals surface area contributed by atoms with Crippen LogP contribution in [0.15, 0.2) is 30.6 Å². The number of methoxy groups -OCH3 is 1. The van der Waals surface area contributed by atoms with Crippen LogP contribution in [0.2, 0.25) is 0 Å². The highest BCUT2D eigenvalue weighted by Gasteiger charge is 2.28. The molecule has 3 atom stereocenters. The molecule has 5 heteroatoms. The molecule has 2 heterocycles. The minimum Gasteiger partial charge on any atom is -0.497 e. The van der Waals surface area contributed by atoms with E-state index in [1.54, 1.807) is 7.11 Å². The Hall–Kier alpha value is -1.85. The summed E-state index contributed by atoms with van der Waals surface area (Å²) in [6.45, 7) is 6.13. The second-order valence-electron chi connectivity index (χ2n) is 6.99. The lowest BCUT2D eigenvalue weighted by atomic mass is 9.90. The Labute approximate surface area is 150 Å². The first kappa shape index (κ1) is 18.0. The maximum Gasteiger partial charge on any atom is 0.119 e. The van der Waals surface area contributed by atoms with Crippen molar-refractivity contribution < 1.29 is 9.47 Å². The summed E-state index contributed by atoms with van der Waals surface area (Å²) in [7, 11) is 3.66. The molecular weight excluding hydrogens is 314 g/mol. The third-order valence-corrected chi connectivity index (χ3v) is 5.13. The Bertz CT molecular complexity index is 698. The Morgan fingerprint density at radius 1 is 1.44 bits per heavy atom. The van der Waals surface area contributed by atoms with Crippen LogP contribution in [0.3, 0.4) is 0 Å². The number of nitrogens with zero attached hydrogens (tertiary/aromatic N) is 2. The van der Waals surface area contributed by atoms with Gasteiger partial charge in [-0.05, 0) is 49.9 Å². The SMILES string of the molecule is COc1ccc(C(C)NC[C@@H]2CCCO[C@H]2c2cnn(C)c2)c(C)c1. The number of hydrogen-bond acceptors (Lipinski definition) is 4. The first-order chi connectivity index (χ1) is 12.1. The summed E-state index contributed by atoms with van der Waals surface area (Å²) in [6, 6.07) is 6.57. The fraction of sp³-hybridized carbons (Fsp3) is 0.550. The second-order valence-corrected chi connectivity index (χ2v) is 6.99. The highest BCUT2D eigenvalue weighted by atomic mass is 16.5. The van der Waals surface area contributed by atoms with Gasteiger partial charge in [0, 0.05) is 43.9 Å². The molecule has 1 aromatic heterocycles. The molecule has 1 aliphatic rings. The Kier molecular flexibility index (Phi) is 5.76. The van der Waals surface area contributed by atoms with Crippen LogP contribution in [-0.2, 0) is 11.8 Å². The van der Waals surface area contributed by atoms with Crippen LogP contribution < -0.4 is 10.1 Å². The van der Waals surface area contributed by atoms with Crippen LogP contribution in [0.25, 0.3) is 0 Å². The number of rotatable bonds is 6. The van der Waals surface area contributed by atoms with Crippen LogP contribution in [0.1, 0.15) is 48.6 Å². The molecule has 0 spiro atoms. The molecule has 0 bridgehead atoms. The van der Waals surface area contributed by atoms with Crippen LogP contribution >= 0.6 is 0 Å². The van der Waals surface area contributed by atoms with Crippen LogP contribution in [0, 0.1) is 12.8 Å². The summed E-state index contributed by atoms with van der Waals surface area (Å²) in [5.74, 6) is 1.38. The lowest BCUT2D eigenvalue weighted by Gasteiger charge is -2.32. The zero-order valence-electron chi connectivity index (χ0n) is 15.7. The van der Waals surface area contributed by atoms with Crippen molar-refractivity contribution in [1.29, 1.82) is 0 Å². The van der Waals surface area contributed by atoms with E-state index in [4.69, 9.17) is 9.47 Å². The van der Waals surface area contributed by atoms with Gasteiger partial charge >= 0.3 is 0 Å². The molecule has 0 radical (unpaired) electrons. The van der Waals surface area contributed by atoms with Crippen LogP contribution in [0.4, 0.5) is 0 Å². The van der Waals surface area contributed by atoms with Gasteiger partial charge in [0.2, 0.25) is 0 Å². The predicted octanol–water partition coefficient (Wildman–Crippen LogP) is 3.56. The fourth-order valence-electron chi connectivity index (χ4n) is 3.71. The molecule has 1 N–H and O–H groups in total. The van der Waals surface area contributed by atoms with Crippen LogP contribution in [-0.4, -0.2) is 30.0 Å². The average Bonchev–Trinajstić information content (AvgIpc) is 3.06. The Balaban J connectivity index is 1.64. The van der Waals surface area contributed by atoms with E-state index in [1.165, 1.54) is 23.1 Å². The molecule has 1 saturated heterocycles. The predicted molar refractivity (Wildman–Crippen MR) is 98.8 cm³/mol. The van der Waals surface area contributed by atoms with Gasteiger partial charge < -0.3 is 14.8 Å². The number of ether oxygens (including phenoxy) is 2. The molecule has 0 aliphatic carbocycles. The molecule has 2 aromatic rings. The molecule has 1 fully saturated rings. The van der Waals surface area contributed by atoms with Crippen LogP contribution in [0.5, 0.6) is 5.75 Å². The van der Waals surface area contributed by atoms with Crippen molar-refractivity contribution in [3.63, 3.8) is 0 Å². The van der Waals surface area contributed by atoms with E-state index < -0.39 is 0 Å². The number of nitrogens with one attached hydrogen (secondary N) is 1. The largest absolute Gasteiger partial charge is 0.497 e. The lowest BCUT2D eigenvalue weighted by molar-refractivity contribution is -0.0284. The van der Waals surface area contributed by atoms with E-state index in [0.29, 0.717) is 12.0 Å². The standard InChI is InChI=1S/C20H29N3O2/c1-14-10-18(24-4)7-8-19(14)15(2)21-11-16-6-5-9-25-20(16)17-12-22-23(3)13-17/h7-8,10,12-13,15-16,20-21H,5-6,9,11H2,1-4H3/t15?,16-,20+/m0/s1. The van der Waals surface area contributed by atoms with Gasteiger partial charge in [0.1, 0.15) is 5.75 Å². The van der Waals surface area contributed by atoms with Gasteiger partial charge in [0.25, 0.3) is 0 Å². The highest BCUT2D eigenvalue weighted by Crippen LogP contribution is 2.33. The van der Waals surface area contributed by atoms with Crippen molar-refractivity contribution in [3.8, 4) is 5.75 Å². The quantitative estimate of drug-likeness (QED) is 0.871. The van der Waals surface area contributed by atoms with Crippen molar-refractivity contribution in [2.45, 2.75) is 38.8 Å². The van der Waals surface area contributed by atoms with Gasteiger partial charge in [0.15, 0.2) is 0 Å². The van der Waals surface area contributed by atoms with E-state index in [2.05, 4.69) is 42.6 Å². The van der Waals surface area contributed by atoms with Crippen molar-refractivity contribution in [2.75, 3.05) is 20.3 Å². The lowest BCUT2D eigenvalue weighted by Crippen LogP contribution is -2.33. The van der Waals surface area contributed by atoms with Crippen molar-refractivity contribution in [1.82, 2.24) is 15.1 Å². The van der Waals surface area contributed by atoms with Gasteiger partial charge in [0.05, 0.1) is 19.4 Å². The number of aromatic nitrogens is 2. The molecule has 0 amide bonds.